The van der Waals surface area contributed by atoms with Crippen LogP contribution in [0.5, 0.6) is 0 Å². The fourth-order valence-electron chi connectivity index (χ4n) is 1.05. The Kier molecular flexibility index (Phi) is 1.36. The Labute approximate surface area is 63.8 Å². The molecule has 2 aromatic rings. The predicted molar refractivity (Wildman–Crippen MR) is 41.9 cm³/mol. The van der Waals surface area contributed by atoms with Crippen LogP contribution < -0.4 is 5.73 Å². The lowest BCUT2D eigenvalue weighted by molar-refractivity contribution is 0.428. The van der Waals surface area contributed by atoms with Crippen LogP contribution in [-0.2, 0) is 6.54 Å². The molecule has 0 saturated heterocycles. The van der Waals surface area contributed by atoms with Crippen molar-refractivity contribution in [3.05, 3.63) is 30.0 Å². The monoisotopic (exact) mass is 148 g/mol. The van der Waals surface area contributed by atoms with Crippen LogP contribution in [0, 0.1) is 0 Å². The van der Waals surface area contributed by atoms with Crippen molar-refractivity contribution >= 4 is 10.9 Å². The number of rotatable bonds is 1. The average Bonchev–Trinajstić information content (AvgIpc) is 2.50. The zero-order valence-electron chi connectivity index (χ0n) is 5.95. The van der Waals surface area contributed by atoms with Gasteiger partial charge in [0, 0.05) is 11.9 Å². The molecule has 3 nitrogen and oxygen atoms in total. The second kappa shape index (κ2) is 2.36. The first kappa shape index (κ1) is 6.37. The highest BCUT2D eigenvalue weighted by atomic mass is 16.5. The molecule has 0 saturated carbocycles. The minimum Gasteiger partial charge on any atom is -0.364 e. The maximum absolute atomic E-state index is 5.46. The highest BCUT2D eigenvalue weighted by Crippen LogP contribution is 2.13. The number of hydrogen-bond acceptors (Lipinski definition) is 3. The lowest BCUT2D eigenvalue weighted by Crippen LogP contribution is -1.94. The standard InChI is InChI=1S/C8H8N2O/c9-4-6-1-2-8-7(3-6)5-11-10-8/h1-3,5H,4,9H2. The van der Waals surface area contributed by atoms with E-state index in [0.29, 0.717) is 6.54 Å². The third kappa shape index (κ3) is 0.991. The molecule has 1 heterocycles. The molecule has 0 spiro atoms. The van der Waals surface area contributed by atoms with Gasteiger partial charge in [-0.15, -0.1) is 0 Å². The first-order valence-corrected chi connectivity index (χ1v) is 3.43. The summed E-state index contributed by atoms with van der Waals surface area (Å²) in [6.07, 6.45) is 1.62. The minimum absolute atomic E-state index is 0.557. The summed E-state index contributed by atoms with van der Waals surface area (Å²) in [5, 5.41) is 4.79. The quantitative estimate of drug-likeness (QED) is 0.662. The summed E-state index contributed by atoms with van der Waals surface area (Å²) in [5.41, 5.74) is 7.43. The van der Waals surface area contributed by atoms with Crippen LogP contribution in [0.3, 0.4) is 0 Å². The van der Waals surface area contributed by atoms with Crippen LogP contribution in [0.1, 0.15) is 5.56 Å². The lowest BCUT2D eigenvalue weighted by Gasteiger charge is -1.92. The SMILES string of the molecule is NCc1ccc2nocc2c1. The summed E-state index contributed by atoms with van der Waals surface area (Å²) in [6, 6.07) is 5.83. The Hall–Kier alpha value is -1.35. The van der Waals surface area contributed by atoms with Crippen LogP contribution in [-0.4, -0.2) is 5.16 Å². The van der Waals surface area contributed by atoms with Crippen LogP contribution in [0.2, 0.25) is 0 Å². The number of aromatic nitrogens is 1. The Balaban J connectivity index is 2.67. The molecule has 0 aliphatic carbocycles. The predicted octanol–water partition coefficient (Wildman–Crippen LogP) is 1.29. The molecule has 0 aliphatic rings. The average molecular weight is 148 g/mol. The normalized spacial score (nSPS) is 10.6. The van der Waals surface area contributed by atoms with E-state index in [2.05, 4.69) is 5.16 Å². The number of benzene rings is 1. The van der Waals surface area contributed by atoms with Crippen molar-refractivity contribution in [3.8, 4) is 0 Å². The highest BCUT2D eigenvalue weighted by Gasteiger charge is 1.97. The Morgan fingerprint density at radius 3 is 3.18 bits per heavy atom. The first-order valence-electron chi connectivity index (χ1n) is 3.43. The molecule has 11 heavy (non-hydrogen) atoms. The van der Waals surface area contributed by atoms with E-state index >= 15 is 0 Å². The summed E-state index contributed by atoms with van der Waals surface area (Å²) in [4.78, 5) is 0. The van der Waals surface area contributed by atoms with Gasteiger partial charge in [-0.1, -0.05) is 11.2 Å². The maximum atomic E-state index is 5.46. The molecule has 0 atom stereocenters. The van der Waals surface area contributed by atoms with Crippen molar-refractivity contribution in [3.63, 3.8) is 0 Å². The van der Waals surface area contributed by atoms with Crippen molar-refractivity contribution in [2.45, 2.75) is 6.54 Å². The molecule has 0 fully saturated rings. The van der Waals surface area contributed by atoms with Crippen molar-refractivity contribution in [1.82, 2.24) is 5.16 Å². The van der Waals surface area contributed by atoms with E-state index in [1.165, 1.54) is 0 Å². The molecule has 2 rings (SSSR count). The van der Waals surface area contributed by atoms with Crippen LogP contribution in [0.25, 0.3) is 10.9 Å². The molecule has 0 bridgehead atoms. The smallest absolute Gasteiger partial charge is 0.131 e. The van der Waals surface area contributed by atoms with Gasteiger partial charge in [0.05, 0.1) is 0 Å². The second-order valence-corrected chi connectivity index (χ2v) is 2.41. The van der Waals surface area contributed by atoms with Crippen LogP contribution >= 0.6 is 0 Å². The zero-order valence-corrected chi connectivity index (χ0v) is 5.95. The van der Waals surface area contributed by atoms with E-state index in [9.17, 15) is 0 Å². The van der Waals surface area contributed by atoms with Crippen molar-refractivity contribution in [1.29, 1.82) is 0 Å². The van der Waals surface area contributed by atoms with E-state index in [0.717, 1.165) is 16.5 Å². The van der Waals surface area contributed by atoms with Gasteiger partial charge in [-0.05, 0) is 17.7 Å². The number of nitrogens with two attached hydrogens (primary N) is 1. The molecule has 1 aromatic heterocycles. The lowest BCUT2D eigenvalue weighted by atomic mass is 10.2. The molecule has 0 radical (unpaired) electrons. The topological polar surface area (TPSA) is 52.0 Å². The van der Waals surface area contributed by atoms with Crippen LogP contribution in [0.15, 0.2) is 29.0 Å². The summed E-state index contributed by atoms with van der Waals surface area (Å²) in [5.74, 6) is 0. The third-order valence-corrected chi connectivity index (χ3v) is 1.66. The van der Waals surface area contributed by atoms with Gasteiger partial charge in [0.1, 0.15) is 11.8 Å². The Morgan fingerprint density at radius 1 is 1.45 bits per heavy atom. The number of nitrogens with zero attached hydrogens (tertiary/aromatic N) is 1. The summed E-state index contributed by atoms with van der Waals surface area (Å²) < 4.78 is 4.77. The molecule has 56 valence electrons. The summed E-state index contributed by atoms with van der Waals surface area (Å²) in [7, 11) is 0. The van der Waals surface area contributed by atoms with Gasteiger partial charge in [0.15, 0.2) is 0 Å². The van der Waals surface area contributed by atoms with Crippen LogP contribution in [0.4, 0.5) is 0 Å². The maximum Gasteiger partial charge on any atom is 0.131 e. The molecule has 0 aliphatic heterocycles. The van der Waals surface area contributed by atoms with E-state index in [4.69, 9.17) is 10.3 Å². The van der Waals surface area contributed by atoms with Gasteiger partial charge >= 0.3 is 0 Å². The highest BCUT2D eigenvalue weighted by molar-refractivity contribution is 5.77. The first-order chi connectivity index (χ1) is 5.40. The fraction of sp³-hybridized carbons (Fsp3) is 0.125. The summed E-state index contributed by atoms with van der Waals surface area (Å²) >= 11 is 0. The Bertz CT molecular complexity index is 367. The Morgan fingerprint density at radius 2 is 2.36 bits per heavy atom. The van der Waals surface area contributed by atoms with E-state index in [1.807, 2.05) is 18.2 Å². The zero-order chi connectivity index (χ0) is 7.68. The molecule has 2 N–H and O–H groups in total. The molecule has 0 unspecified atom stereocenters. The van der Waals surface area contributed by atoms with Gasteiger partial charge < -0.3 is 10.3 Å². The summed E-state index contributed by atoms with van der Waals surface area (Å²) in [6.45, 7) is 0.557. The molecule has 3 heteroatoms. The largest absolute Gasteiger partial charge is 0.364 e. The molecule has 1 aromatic carbocycles. The van der Waals surface area contributed by atoms with E-state index < -0.39 is 0 Å². The van der Waals surface area contributed by atoms with Crippen molar-refractivity contribution in [2.75, 3.05) is 0 Å². The van der Waals surface area contributed by atoms with E-state index in [-0.39, 0.29) is 0 Å². The number of fused-ring (bicyclic) bond motifs is 1. The van der Waals surface area contributed by atoms with Gasteiger partial charge in [-0.25, -0.2) is 0 Å². The molecular weight excluding hydrogens is 140 g/mol. The molecular formula is C8H8N2O. The third-order valence-electron chi connectivity index (χ3n) is 1.66. The second-order valence-electron chi connectivity index (χ2n) is 2.41. The van der Waals surface area contributed by atoms with Gasteiger partial charge in [0.2, 0.25) is 0 Å². The van der Waals surface area contributed by atoms with Crippen molar-refractivity contribution in [2.24, 2.45) is 5.73 Å². The van der Waals surface area contributed by atoms with Gasteiger partial charge in [-0.3, -0.25) is 0 Å². The van der Waals surface area contributed by atoms with Gasteiger partial charge in [0.25, 0.3) is 0 Å². The van der Waals surface area contributed by atoms with E-state index in [1.54, 1.807) is 6.26 Å². The fourth-order valence-corrected chi connectivity index (χ4v) is 1.05. The van der Waals surface area contributed by atoms with Gasteiger partial charge in [-0.2, -0.15) is 0 Å². The molecule has 0 amide bonds. The minimum atomic E-state index is 0.557. The number of hydrogen-bond donors (Lipinski definition) is 1. The van der Waals surface area contributed by atoms with Crippen molar-refractivity contribution < 1.29 is 4.52 Å².